The van der Waals surface area contributed by atoms with E-state index in [1.165, 1.54) is 31.2 Å². The third-order valence-corrected chi connectivity index (χ3v) is 5.02. The topological polar surface area (TPSA) is 15.3 Å². The molecule has 110 valence electrons. The Hall–Kier alpha value is -0.930. The maximum absolute atomic E-state index is 13.7. The summed E-state index contributed by atoms with van der Waals surface area (Å²) in [5, 5.41) is 3.61. The molecule has 1 aromatic rings. The van der Waals surface area contributed by atoms with Crippen molar-refractivity contribution in [1.82, 2.24) is 10.2 Å². The van der Waals surface area contributed by atoms with E-state index in [-0.39, 0.29) is 5.82 Å². The van der Waals surface area contributed by atoms with Crippen molar-refractivity contribution in [3.05, 3.63) is 35.1 Å². The first kappa shape index (κ1) is 14.0. The molecular formula is C17H25FN2. The Morgan fingerprint density at radius 3 is 2.85 bits per heavy atom. The van der Waals surface area contributed by atoms with Gasteiger partial charge >= 0.3 is 0 Å². The van der Waals surface area contributed by atoms with Gasteiger partial charge in [-0.05, 0) is 49.9 Å². The van der Waals surface area contributed by atoms with Crippen LogP contribution < -0.4 is 5.32 Å². The third-order valence-electron chi connectivity index (χ3n) is 5.02. The summed E-state index contributed by atoms with van der Waals surface area (Å²) in [4.78, 5) is 2.49. The molecule has 0 bridgehead atoms. The summed E-state index contributed by atoms with van der Waals surface area (Å²) >= 11 is 0. The number of halogens is 1. The Morgan fingerprint density at radius 2 is 2.05 bits per heavy atom. The molecule has 0 heterocycles. The maximum atomic E-state index is 13.7. The normalized spacial score (nSPS) is 22.6. The summed E-state index contributed by atoms with van der Waals surface area (Å²) in [5.74, 6) is -0.0325. The number of nitrogens with one attached hydrogen (secondary N) is 1. The van der Waals surface area contributed by atoms with Gasteiger partial charge in [0.15, 0.2) is 0 Å². The second-order valence-corrected chi connectivity index (χ2v) is 6.27. The lowest BCUT2D eigenvalue weighted by Crippen LogP contribution is -2.36. The summed E-state index contributed by atoms with van der Waals surface area (Å²) in [6, 6.07) is 6.61. The van der Waals surface area contributed by atoms with Gasteiger partial charge in [-0.1, -0.05) is 25.0 Å². The Kier molecular flexibility index (Phi) is 4.37. The maximum Gasteiger partial charge on any atom is 0.126 e. The number of hydrogen-bond donors (Lipinski definition) is 1. The summed E-state index contributed by atoms with van der Waals surface area (Å²) in [7, 11) is 2.24. The smallest absolute Gasteiger partial charge is 0.126 e. The quantitative estimate of drug-likeness (QED) is 0.888. The monoisotopic (exact) mass is 276 g/mol. The lowest BCUT2D eigenvalue weighted by molar-refractivity contribution is 0.242. The van der Waals surface area contributed by atoms with Gasteiger partial charge in [-0.15, -0.1) is 0 Å². The van der Waals surface area contributed by atoms with Crippen LogP contribution >= 0.6 is 0 Å². The first-order chi connectivity index (χ1) is 9.75. The van der Waals surface area contributed by atoms with Gasteiger partial charge in [0, 0.05) is 25.2 Å². The second-order valence-electron chi connectivity index (χ2n) is 6.27. The van der Waals surface area contributed by atoms with E-state index >= 15 is 0 Å². The summed E-state index contributed by atoms with van der Waals surface area (Å²) < 4.78 is 13.7. The van der Waals surface area contributed by atoms with Crippen molar-refractivity contribution in [3.8, 4) is 0 Å². The van der Waals surface area contributed by atoms with Crippen LogP contribution in [0.3, 0.4) is 0 Å². The molecule has 1 saturated carbocycles. The highest BCUT2D eigenvalue weighted by molar-refractivity contribution is 5.35. The molecule has 1 unspecified atom stereocenters. The Labute approximate surface area is 121 Å². The molecule has 0 aliphatic heterocycles. The molecule has 0 radical (unpaired) electrons. The van der Waals surface area contributed by atoms with Crippen molar-refractivity contribution >= 4 is 0 Å². The molecule has 20 heavy (non-hydrogen) atoms. The van der Waals surface area contributed by atoms with E-state index in [1.54, 1.807) is 6.07 Å². The molecule has 1 aromatic carbocycles. The van der Waals surface area contributed by atoms with Crippen molar-refractivity contribution in [1.29, 1.82) is 0 Å². The molecule has 0 aromatic heterocycles. The van der Waals surface area contributed by atoms with Crippen LogP contribution in [0.5, 0.6) is 0 Å². The van der Waals surface area contributed by atoms with E-state index in [4.69, 9.17) is 0 Å². The number of fused-ring (bicyclic) bond motifs is 1. The Morgan fingerprint density at radius 1 is 1.25 bits per heavy atom. The van der Waals surface area contributed by atoms with Crippen molar-refractivity contribution in [2.75, 3.05) is 20.1 Å². The molecule has 1 N–H and O–H groups in total. The molecule has 0 amide bonds. The van der Waals surface area contributed by atoms with Crippen LogP contribution in [0.1, 0.15) is 49.3 Å². The van der Waals surface area contributed by atoms with Gasteiger partial charge in [-0.25, -0.2) is 4.39 Å². The molecule has 3 heteroatoms. The minimum absolute atomic E-state index is 0.0325. The highest BCUT2D eigenvalue weighted by Gasteiger charge is 2.24. The summed E-state index contributed by atoms with van der Waals surface area (Å²) in [6.07, 6.45) is 7.39. The predicted octanol–water partition coefficient (Wildman–Crippen LogP) is 3.28. The first-order valence-electron chi connectivity index (χ1n) is 7.96. The Balaban J connectivity index is 1.49. The lowest BCUT2D eigenvalue weighted by Gasteiger charge is -2.25. The van der Waals surface area contributed by atoms with Crippen LogP contribution in [0, 0.1) is 5.82 Å². The molecule has 1 atom stereocenters. The zero-order chi connectivity index (χ0) is 13.9. The van der Waals surface area contributed by atoms with E-state index < -0.39 is 0 Å². The fourth-order valence-electron chi connectivity index (χ4n) is 3.76. The van der Waals surface area contributed by atoms with Gasteiger partial charge in [0.05, 0.1) is 0 Å². The molecule has 1 fully saturated rings. The lowest BCUT2D eigenvalue weighted by atomic mass is 10.1. The average Bonchev–Trinajstić information content (AvgIpc) is 3.09. The summed E-state index contributed by atoms with van der Waals surface area (Å²) in [5.41, 5.74) is 2.10. The van der Waals surface area contributed by atoms with Gasteiger partial charge in [-0.2, -0.15) is 0 Å². The highest BCUT2D eigenvalue weighted by Crippen LogP contribution is 2.32. The van der Waals surface area contributed by atoms with E-state index in [9.17, 15) is 4.39 Å². The van der Waals surface area contributed by atoms with E-state index in [0.717, 1.165) is 37.5 Å². The number of nitrogens with zero attached hydrogens (tertiary/aromatic N) is 1. The third kappa shape index (κ3) is 2.89. The van der Waals surface area contributed by atoms with Gasteiger partial charge in [0.1, 0.15) is 5.82 Å². The first-order valence-corrected chi connectivity index (χ1v) is 7.96. The van der Waals surface area contributed by atoms with Crippen LogP contribution in [-0.2, 0) is 6.42 Å². The zero-order valence-corrected chi connectivity index (χ0v) is 12.4. The minimum atomic E-state index is -0.0325. The molecule has 3 rings (SSSR count). The molecular weight excluding hydrogens is 251 g/mol. The van der Waals surface area contributed by atoms with Crippen LogP contribution in [0.15, 0.2) is 18.2 Å². The van der Waals surface area contributed by atoms with Crippen LogP contribution in [0.2, 0.25) is 0 Å². The second kappa shape index (κ2) is 6.23. The molecule has 2 nitrogen and oxygen atoms in total. The van der Waals surface area contributed by atoms with Crippen molar-refractivity contribution in [3.63, 3.8) is 0 Å². The van der Waals surface area contributed by atoms with E-state index in [1.807, 2.05) is 6.07 Å². The van der Waals surface area contributed by atoms with E-state index in [0.29, 0.717) is 6.04 Å². The number of rotatable bonds is 5. The van der Waals surface area contributed by atoms with Crippen LogP contribution in [-0.4, -0.2) is 31.1 Å². The molecule has 0 spiro atoms. The van der Waals surface area contributed by atoms with Gasteiger partial charge in [-0.3, -0.25) is 0 Å². The number of likely N-dealkylation sites (N-methyl/N-ethyl adjacent to an activating group) is 1. The van der Waals surface area contributed by atoms with Crippen LogP contribution in [0.25, 0.3) is 0 Å². The van der Waals surface area contributed by atoms with Crippen molar-refractivity contribution in [2.45, 2.75) is 50.6 Å². The SMILES string of the molecule is CN(CCNC1CCc2c(F)cccc21)C1CCCC1. The van der Waals surface area contributed by atoms with Gasteiger partial charge in [0.25, 0.3) is 0 Å². The highest BCUT2D eigenvalue weighted by atomic mass is 19.1. The predicted molar refractivity (Wildman–Crippen MR) is 80.4 cm³/mol. The molecule has 0 saturated heterocycles. The standard InChI is InChI=1S/C17H25FN2/c1-20(13-5-2-3-6-13)12-11-19-17-10-9-14-15(17)7-4-8-16(14)18/h4,7-8,13,17,19H,2-3,5-6,9-12H2,1H3. The molecule has 2 aliphatic carbocycles. The zero-order valence-electron chi connectivity index (χ0n) is 12.4. The fourth-order valence-corrected chi connectivity index (χ4v) is 3.76. The van der Waals surface area contributed by atoms with Crippen LogP contribution in [0.4, 0.5) is 4.39 Å². The van der Waals surface area contributed by atoms with Gasteiger partial charge < -0.3 is 10.2 Å². The van der Waals surface area contributed by atoms with Crippen molar-refractivity contribution in [2.24, 2.45) is 0 Å². The average molecular weight is 276 g/mol. The Bertz CT molecular complexity index is 454. The molecule has 2 aliphatic rings. The minimum Gasteiger partial charge on any atom is -0.309 e. The fraction of sp³-hybridized carbons (Fsp3) is 0.647. The largest absolute Gasteiger partial charge is 0.309 e. The number of hydrogen-bond acceptors (Lipinski definition) is 2. The van der Waals surface area contributed by atoms with Crippen molar-refractivity contribution < 1.29 is 4.39 Å². The number of benzene rings is 1. The summed E-state index contributed by atoms with van der Waals surface area (Å²) in [6.45, 7) is 2.08. The van der Waals surface area contributed by atoms with Gasteiger partial charge in [0.2, 0.25) is 0 Å². The van der Waals surface area contributed by atoms with E-state index in [2.05, 4.69) is 23.3 Å².